The third-order valence-electron chi connectivity index (χ3n) is 3.65. The van der Waals surface area contributed by atoms with Crippen molar-refractivity contribution in [1.29, 1.82) is 0 Å². The Labute approximate surface area is 135 Å². The van der Waals surface area contributed by atoms with Crippen molar-refractivity contribution in [2.45, 2.75) is 26.3 Å². The van der Waals surface area contributed by atoms with Gasteiger partial charge in [0.05, 0.1) is 7.11 Å². The van der Waals surface area contributed by atoms with E-state index in [2.05, 4.69) is 59.4 Å². The first-order chi connectivity index (χ1) is 10.0. The Morgan fingerprint density at radius 3 is 2.33 bits per heavy atom. The number of methoxy groups -OCH3 is 1. The summed E-state index contributed by atoms with van der Waals surface area (Å²) in [6.07, 6.45) is 0.949. The van der Waals surface area contributed by atoms with E-state index in [-0.39, 0.29) is 6.04 Å². The summed E-state index contributed by atoms with van der Waals surface area (Å²) in [5, 5.41) is 3.41. The van der Waals surface area contributed by atoms with Gasteiger partial charge >= 0.3 is 0 Å². The summed E-state index contributed by atoms with van der Waals surface area (Å²) in [6, 6.07) is 13.1. The first kappa shape index (κ1) is 16.1. The molecular weight excluding hydrogens is 326 g/mol. The van der Waals surface area contributed by atoms with Crippen LogP contribution in [0.25, 0.3) is 0 Å². The molecule has 0 aromatic heterocycles. The van der Waals surface area contributed by atoms with Crippen LogP contribution in [-0.4, -0.2) is 14.2 Å². The Kier molecular flexibility index (Phi) is 5.43. The van der Waals surface area contributed by atoms with E-state index in [9.17, 15) is 0 Å². The molecule has 0 spiro atoms. The number of halogens is 1. The van der Waals surface area contributed by atoms with Gasteiger partial charge < -0.3 is 10.1 Å². The SMILES string of the molecule is CNC(Cc1cc(C)cc(C)c1)c1cc(OC)ccc1Br. The van der Waals surface area contributed by atoms with Crippen molar-refractivity contribution in [2.24, 2.45) is 0 Å². The summed E-state index contributed by atoms with van der Waals surface area (Å²) in [4.78, 5) is 0. The molecule has 21 heavy (non-hydrogen) atoms. The lowest BCUT2D eigenvalue weighted by Crippen LogP contribution is -2.19. The van der Waals surface area contributed by atoms with Crippen LogP contribution in [-0.2, 0) is 6.42 Å². The lowest BCUT2D eigenvalue weighted by molar-refractivity contribution is 0.413. The van der Waals surface area contributed by atoms with Crippen LogP contribution in [0.1, 0.15) is 28.3 Å². The van der Waals surface area contributed by atoms with Gasteiger partial charge in [-0.3, -0.25) is 0 Å². The average Bonchev–Trinajstić information content (AvgIpc) is 2.44. The van der Waals surface area contributed by atoms with Crippen LogP contribution in [0.2, 0.25) is 0 Å². The van der Waals surface area contributed by atoms with Gasteiger partial charge in [-0.05, 0) is 56.6 Å². The maximum absolute atomic E-state index is 5.34. The van der Waals surface area contributed by atoms with Crippen LogP contribution < -0.4 is 10.1 Å². The van der Waals surface area contributed by atoms with Crippen LogP contribution in [0.5, 0.6) is 5.75 Å². The number of aryl methyl sites for hydroxylation is 2. The van der Waals surface area contributed by atoms with E-state index in [1.54, 1.807) is 7.11 Å². The zero-order valence-electron chi connectivity index (χ0n) is 13.0. The first-order valence-corrected chi connectivity index (χ1v) is 7.90. The van der Waals surface area contributed by atoms with Crippen LogP contribution in [0, 0.1) is 13.8 Å². The predicted octanol–water partition coefficient (Wildman–Crippen LogP) is 4.58. The Bertz CT molecular complexity index is 604. The number of nitrogens with one attached hydrogen (secondary N) is 1. The average molecular weight is 348 g/mol. The number of rotatable bonds is 5. The topological polar surface area (TPSA) is 21.3 Å². The van der Waals surface area contributed by atoms with E-state index in [1.807, 2.05) is 19.2 Å². The van der Waals surface area contributed by atoms with E-state index < -0.39 is 0 Å². The van der Waals surface area contributed by atoms with Crippen LogP contribution >= 0.6 is 15.9 Å². The van der Waals surface area contributed by atoms with Crippen molar-refractivity contribution in [2.75, 3.05) is 14.2 Å². The van der Waals surface area contributed by atoms with E-state index in [0.29, 0.717) is 0 Å². The van der Waals surface area contributed by atoms with Gasteiger partial charge in [-0.1, -0.05) is 45.3 Å². The molecular formula is C18H22BrNO. The number of hydrogen-bond acceptors (Lipinski definition) is 2. The number of benzene rings is 2. The van der Waals surface area contributed by atoms with Crippen molar-refractivity contribution in [3.63, 3.8) is 0 Å². The van der Waals surface area contributed by atoms with Crippen LogP contribution in [0.4, 0.5) is 0 Å². The molecule has 2 nitrogen and oxygen atoms in total. The molecule has 0 heterocycles. The molecule has 0 aliphatic carbocycles. The zero-order valence-corrected chi connectivity index (χ0v) is 14.6. The molecule has 0 amide bonds. The van der Waals surface area contributed by atoms with Crippen molar-refractivity contribution >= 4 is 15.9 Å². The lowest BCUT2D eigenvalue weighted by atomic mass is 9.96. The standard InChI is InChI=1S/C18H22BrNO/c1-12-7-13(2)9-14(8-12)10-18(20-3)16-11-15(21-4)5-6-17(16)19/h5-9,11,18,20H,10H2,1-4H3. The highest BCUT2D eigenvalue weighted by Gasteiger charge is 2.15. The zero-order chi connectivity index (χ0) is 15.4. The molecule has 1 unspecified atom stereocenters. The minimum absolute atomic E-state index is 0.246. The van der Waals surface area contributed by atoms with Crippen molar-refractivity contribution in [1.82, 2.24) is 5.32 Å². The summed E-state index contributed by atoms with van der Waals surface area (Å²) in [5.41, 5.74) is 5.19. The van der Waals surface area contributed by atoms with E-state index in [0.717, 1.165) is 16.6 Å². The van der Waals surface area contributed by atoms with Gasteiger partial charge in [0.25, 0.3) is 0 Å². The van der Waals surface area contributed by atoms with Gasteiger partial charge in [0.2, 0.25) is 0 Å². The predicted molar refractivity (Wildman–Crippen MR) is 92.1 cm³/mol. The Morgan fingerprint density at radius 2 is 1.76 bits per heavy atom. The Hall–Kier alpha value is -1.32. The summed E-state index contributed by atoms with van der Waals surface area (Å²) in [5.74, 6) is 0.883. The van der Waals surface area contributed by atoms with Gasteiger partial charge in [0.1, 0.15) is 5.75 Å². The second kappa shape index (κ2) is 7.10. The molecule has 0 saturated heterocycles. The molecule has 0 bridgehead atoms. The second-order valence-electron chi connectivity index (χ2n) is 5.43. The van der Waals surface area contributed by atoms with Crippen molar-refractivity contribution < 1.29 is 4.74 Å². The van der Waals surface area contributed by atoms with Gasteiger partial charge in [-0.2, -0.15) is 0 Å². The molecule has 2 aromatic rings. The van der Waals surface area contributed by atoms with Gasteiger partial charge in [-0.15, -0.1) is 0 Å². The Morgan fingerprint density at radius 1 is 1.10 bits per heavy atom. The summed E-state index contributed by atoms with van der Waals surface area (Å²) in [7, 11) is 3.70. The number of ether oxygens (including phenoxy) is 1. The molecule has 1 atom stereocenters. The lowest BCUT2D eigenvalue weighted by Gasteiger charge is -2.19. The second-order valence-corrected chi connectivity index (χ2v) is 6.28. The minimum atomic E-state index is 0.246. The highest BCUT2D eigenvalue weighted by atomic mass is 79.9. The highest BCUT2D eigenvalue weighted by molar-refractivity contribution is 9.10. The van der Waals surface area contributed by atoms with E-state index >= 15 is 0 Å². The molecule has 0 aliphatic heterocycles. The van der Waals surface area contributed by atoms with Gasteiger partial charge in [0.15, 0.2) is 0 Å². The van der Waals surface area contributed by atoms with Crippen molar-refractivity contribution in [3.05, 3.63) is 63.1 Å². The van der Waals surface area contributed by atoms with Crippen LogP contribution in [0.15, 0.2) is 40.9 Å². The fraction of sp³-hybridized carbons (Fsp3) is 0.333. The van der Waals surface area contributed by atoms with Crippen LogP contribution in [0.3, 0.4) is 0 Å². The summed E-state index contributed by atoms with van der Waals surface area (Å²) in [6.45, 7) is 4.29. The maximum atomic E-state index is 5.34. The van der Waals surface area contributed by atoms with Gasteiger partial charge in [-0.25, -0.2) is 0 Å². The third kappa shape index (κ3) is 4.08. The molecule has 0 aliphatic rings. The quantitative estimate of drug-likeness (QED) is 0.854. The largest absolute Gasteiger partial charge is 0.497 e. The number of likely N-dealkylation sites (N-methyl/N-ethyl adjacent to an activating group) is 1. The maximum Gasteiger partial charge on any atom is 0.119 e. The number of hydrogen-bond donors (Lipinski definition) is 1. The first-order valence-electron chi connectivity index (χ1n) is 7.11. The summed E-state index contributed by atoms with van der Waals surface area (Å²) < 4.78 is 6.45. The fourth-order valence-corrected chi connectivity index (χ4v) is 3.23. The summed E-state index contributed by atoms with van der Waals surface area (Å²) >= 11 is 3.65. The van der Waals surface area contributed by atoms with E-state index in [1.165, 1.54) is 22.3 Å². The molecule has 0 saturated carbocycles. The van der Waals surface area contributed by atoms with E-state index in [4.69, 9.17) is 4.74 Å². The van der Waals surface area contributed by atoms with Crippen molar-refractivity contribution in [3.8, 4) is 5.75 Å². The molecule has 0 fully saturated rings. The Balaban J connectivity index is 2.31. The molecule has 2 rings (SSSR count). The molecule has 1 N–H and O–H groups in total. The molecule has 0 radical (unpaired) electrons. The highest BCUT2D eigenvalue weighted by Crippen LogP contribution is 2.30. The van der Waals surface area contributed by atoms with Gasteiger partial charge in [0, 0.05) is 10.5 Å². The minimum Gasteiger partial charge on any atom is -0.497 e. The third-order valence-corrected chi connectivity index (χ3v) is 4.37. The molecule has 2 aromatic carbocycles. The fourth-order valence-electron chi connectivity index (χ4n) is 2.71. The monoisotopic (exact) mass is 347 g/mol. The normalized spacial score (nSPS) is 12.2. The molecule has 112 valence electrons. The smallest absolute Gasteiger partial charge is 0.119 e. The molecule has 3 heteroatoms.